The van der Waals surface area contributed by atoms with Crippen LogP contribution in [0.4, 0.5) is 5.82 Å². The molecule has 1 amide bonds. The van der Waals surface area contributed by atoms with Crippen LogP contribution in [-0.4, -0.2) is 29.4 Å². The van der Waals surface area contributed by atoms with Crippen LogP contribution < -0.4 is 10.6 Å². The van der Waals surface area contributed by atoms with Gasteiger partial charge in [0.2, 0.25) is 5.91 Å². The van der Waals surface area contributed by atoms with Crippen molar-refractivity contribution in [1.82, 2.24) is 9.38 Å². The number of hydrogen-bond acceptors (Lipinski definition) is 3. The molecule has 0 aliphatic heterocycles. The van der Waals surface area contributed by atoms with Crippen LogP contribution >= 0.6 is 0 Å². The molecule has 2 N–H and O–H groups in total. The predicted octanol–water partition coefficient (Wildman–Crippen LogP) is 2.47. The van der Waals surface area contributed by atoms with Crippen molar-refractivity contribution in [3.05, 3.63) is 54.0 Å². The van der Waals surface area contributed by atoms with Gasteiger partial charge in [-0.1, -0.05) is 6.07 Å². The number of hydrogen-bond donors (Lipinski definition) is 1. The van der Waals surface area contributed by atoms with Crippen molar-refractivity contribution in [3.63, 3.8) is 0 Å². The van der Waals surface area contributed by atoms with Crippen molar-refractivity contribution in [2.75, 3.05) is 19.0 Å². The van der Waals surface area contributed by atoms with Crippen LogP contribution in [0.5, 0.6) is 0 Å². The lowest BCUT2D eigenvalue weighted by molar-refractivity contribution is 0.100. The van der Waals surface area contributed by atoms with Crippen molar-refractivity contribution < 1.29 is 4.79 Å². The molecule has 22 heavy (non-hydrogen) atoms. The molecule has 0 bridgehead atoms. The third-order valence-corrected chi connectivity index (χ3v) is 3.72. The Bertz CT molecular complexity index is 864. The van der Waals surface area contributed by atoms with Crippen molar-refractivity contribution in [1.29, 1.82) is 0 Å². The molecule has 0 saturated heterocycles. The van der Waals surface area contributed by atoms with Crippen LogP contribution in [0.25, 0.3) is 16.6 Å². The van der Waals surface area contributed by atoms with Crippen molar-refractivity contribution in [2.24, 2.45) is 5.73 Å². The van der Waals surface area contributed by atoms with Gasteiger partial charge in [-0.3, -0.25) is 4.79 Å². The molecule has 0 atom stereocenters. The maximum absolute atomic E-state index is 11.3. The van der Waals surface area contributed by atoms with Crippen LogP contribution in [0, 0.1) is 6.92 Å². The highest BCUT2D eigenvalue weighted by Gasteiger charge is 2.09. The zero-order valence-corrected chi connectivity index (χ0v) is 12.9. The quantitative estimate of drug-likeness (QED) is 0.807. The second-order valence-electron chi connectivity index (χ2n) is 5.54. The summed E-state index contributed by atoms with van der Waals surface area (Å²) in [5.74, 6) is 0.512. The zero-order chi connectivity index (χ0) is 15.9. The molecule has 0 radical (unpaired) electrons. The number of primary amides is 1. The van der Waals surface area contributed by atoms with Gasteiger partial charge in [-0.2, -0.15) is 0 Å². The smallest absolute Gasteiger partial charge is 0.250 e. The second kappa shape index (κ2) is 5.18. The molecular formula is C17H18N4O. The molecule has 0 aliphatic rings. The first-order chi connectivity index (χ1) is 10.5. The number of nitrogens with zero attached hydrogens (tertiary/aromatic N) is 3. The number of rotatable bonds is 3. The molecule has 3 heterocycles. The topological polar surface area (TPSA) is 63.6 Å². The van der Waals surface area contributed by atoms with Gasteiger partial charge in [-0.05, 0) is 31.2 Å². The summed E-state index contributed by atoms with van der Waals surface area (Å²) >= 11 is 0. The van der Waals surface area contributed by atoms with Gasteiger partial charge in [0.05, 0.1) is 5.56 Å². The summed E-state index contributed by atoms with van der Waals surface area (Å²) < 4.78 is 1.91. The van der Waals surface area contributed by atoms with Crippen LogP contribution in [0.3, 0.4) is 0 Å². The number of amides is 1. The normalized spacial score (nSPS) is 10.9. The largest absolute Gasteiger partial charge is 0.366 e. The fourth-order valence-corrected chi connectivity index (χ4v) is 2.51. The van der Waals surface area contributed by atoms with Gasteiger partial charge < -0.3 is 15.0 Å². The first-order valence-corrected chi connectivity index (χ1v) is 7.02. The summed E-state index contributed by atoms with van der Waals surface area (Å²) in [7, 11) is 3.94. The van der Waals surface area contributed by atoms with E-state index < -0.39 is 5.91 Å². The van der Waals surface area contributed by atoms with E-state index in [4.69, 9.17) is 5.73 Å². The van der Waals surface area contributed by atoms with E-state index in [-0.39, 0.29) is 0 Å². The third kappa shape index (κ3) is 2.41. The van der Waals surface area contributed by atoms with Gasteiger partial charge in [0.25, 0.3) is 0 Å². The summed E-state index contributed by atoms with van der Waals surface area (Å²) in [5, 5.41) is 0. The average molecular weight is 294 g/mol. The Hall–Kier alpha value is -2.82. The molecule has 112 valence electrons. The van der Waals surface area contributed by atoms with Crippen LogP contribution in [-0.2, 0) is 0 Å². The fraction of sp³-hybridized carbons (Fsp3) is 0.176. The first-order valence-electron chi connectivity index (χ1n) is 7.02. The maximum atomic E-state index is 11.3. The van der Waals surface area contributed by atoms with E-state index in [1.54, 1.807) is 12.3 Å². The molecule has 0 saturated carbocycles. The molecule has 3 aromatic heterocycles. The standard InChI is InChI=1S/C17H18N4O/c1-11-15(6-7-16(19-11)20(2)3)12-4-5-14-8-13(17(18)22)10-21(14)9-12/h4-10H,1-3H3,(H2,18,22). The van der Waals surface area contributed by atoms with E-state index in [1.807, 2.05) is 54.7 Å². The van der Waals surface area contributed by atoms with Gasteiger partial charge in [0.1, 0.15) is 5.82 Å². The molecule has 0 aliphatic carbocycles. The number of aryl methyl sites for hydroxylation is 1. The molecule has 0 unspecified atom stereocenters. The third-order valence-electron chi connectivity index (χ3n) is 3.72. The molecular weight excluding hydrogens is 276 g/mol. The van der Waals surface area contributed by atoms with Crippen LogP contribution in [0.15, 0.2) is 42.7 Å². The Labute approximate surface area is 129 Å². The Kier molecular flexibility index (Phi) is 3.33. The Morgan fingerprint density at radius 2 is 1.95 bits per heavy atom. The number of anilines is 1. The van der Waals surface area contributed by atoms with E-state index in [1.165, 1.54) is 0 Å². The summed E-state index contributed by atoms with van der Waals surface area (Å²) in [5.41, 5.74) is 9.86. The van der Waals surface area contributed by atoms with Crippen molar-refractivity contribution >= 4 is 17.2 Å². The number of carbonyl (C=O) groups is 1. The minimum Gasteiger partial charge on any atom is -0.366 e. The number of aromatic nitrogens is 2. The number of fused-ring (bicyclic) bond motifs is 1. The molecule has 0 aromatic carbocycles. The molecule has 3 aromatic rings. The second-order valence-corrected chi connectivity index (χ2v) is 5.54. The predicted molar refractivity (Wildman–Crippen MR) is 88.2 cm³/mol. The van der Waals surface area contributed by atoms with Crippen molar-refractivity contribution in [3.8, 4) is 11.1 Å². The molecule has 0 fully saturated rings. The summed E-state index contributed by atoms with van der Waals surface area (Å²) in [6.07, 6.45) is 3.74. The molecule has 0 spiro atoms. The summed E-state index contributed by atoms with van der Waals surface area (Å²) in [6.45, 7) is 2.00. The van der Waals surface area contributed by atoms with E-state index >= 15 is 0 Å². The lowest BCUT2D eigenvalue weighted by Crippen LogP contribution is -2.11. The van der Waals surface area contributed by atoms with Gasteiger partial charge in [-0.15, -0.1) is 0 Å². The highest BCUT2D eigenvalue weighted by atomic mass is 16.1. The SMILES string of the molecule is Cc1nc(N(C)C)ccc1-c1ccc2cc(C(N)=O)cn2c1. The van der Waals surface area contributed by atoms with Gasteiger partial charge in [-0.25, -0.2) is 4.98 Å². The molecule has 5 nitrogen and oxygen atoms in total. The Morgan fingerprint density at radius 3 is 2.59 bits per heavy atom. The minimum atomic E-state index is -0.418. The summed E-state index contributed by atoms with van der Waals surface area (Å²) in [4.78, 5) is 17.9. The highest BCUT2D eigenvalue weighted by molar-refractivity contribution is 5.94. The lowest BCUT2D eigenvalue weighted by Gasteiger charge is -2.14. The zero-order valence-electron chi connectivity index (χ0n) is 12.9. The summed E-state index contributed by atoms with van der Waals surface area (Å²) in [6, 6.07) is 9.85. The lowest BCUT2D eigenvalue weighted by atomic mass is 10.1. The number of nitrogens with two attached hydrogens (primary N) is 1. The maximum Gasteiger partial charge on any atom is 0.250 e. The first kappa shape index (κ1) is 14.1. The van der Waals surface area contributed by atoms with Gasteiger partial charge >= 0.3 is 0 Å². The monoisotopic (exact) mass is 294 g/mol. The molecule has 5 heteroatoms. The minimum absolute atomic E-state index is 0.418. The number of carbonyl (C=O) groups excluding carboxylic acids is 1. The van der Waals surface area contributed by atoms with Crippen LogP contribution in [0.2, 0.25) is 0 Å². The average Bonchev–Trinajstić information content (AvgIpc) is 2.90. The van der Waals surface area contributed by atoms with E-state index in [0.717, 1.165) is 28.2 Å². The fourth-order valence-electron chi connectivity index (χ4n) is 2.51. The van der Waals surface area contributed by atoms with E-state index in [2.05, 4.69) is 11.1 Å². The van der Waals surface area contributed by atoms with Crippen LogP contribution in [0.1, 0.15) is 16.1 Å². The Balaban J connectivity index is 2.08. The number of pyridine rings is 2. The molecule has 3 rings (SSSR count). The van der Waals surface area contributed by atoms with Gasteiger partial charge in [0, 0.05) is 48.8 Å². The van der Waals surface area contributed by atoms with Crippen molar-refractivity contribution in [2.45, 2.75) is 6.92 Å². The Morgan fingerprint density at radius 1 is 1.18 bits per heavy atom. The van der Waals surface area contributed by atoms with E-state index in [9.17, 15) is 4.79 Å². The van der Waals surface area contributed by atoms with Gasteiger partial charge in [0.15, 0.2) is 0 Å². The highest BCUT2D eigenvalue weighted by Crippen LogP contribution is 2.25. The van der Waals surface area contributed by atoms with E-state index in [0.29, 0.717) is 5.56 Å².